The molecule has 1 aromatic rings. The van der Waals surface area contributed by atoms with Crippen molar-refractivity contribution in [2.45, 2.75) is 13.0 Å². The number of aromatic carboxylic acids is 1. The number of carbonyl (C=O) groups is 2. The van der Waals surface area contributed by atoms with Gasteiger partial charge in [-0.15, -0.1) is 0 Å². The molecule has 6 nitrogen and oxygen atoms in total. The van der Waals surface area contributed by atoms with Crippen molar-refractivity contribution in [1.82, 2.24) is 0 Å². The Hall–Kier alpha value is -1.63. The van der Waals surface area contributed by atoms with Crippen LogP contribution in [0.2, 0.25) is 5.02 Å². The van der Waals surface area contributed by atoms with Gasteiger partial charge in [0.05, 0.1) is 34.9 Å². The van der Waals surface area contributed by atoms with Gasteiger partial charge in [0.25, 0.3) is 0 Å². The molecule has 20 heavy (non-hydrogen) atoms. The van der Waals surface area contributed by atoms with Crippen LogP contribution in [-0.4, -0.2) is 36.2 Å². The van der Waals surface area contributed by atoms with Crippen LogP contribution in [0, 0.1) is 5.41 Å². The molecule has 0 saturated carbocycles. The number of rotatable bonds is 3. The topological polar surface area (TPSA) is 102 Å². The predicted octanol–water partition coefficient (Wildman–Crippen LogP) is 1.34. The summed E-state index contributed by atoms with van der Waals surface area (Å²) in [6, 6.07) is 3.69. The summed E-state index contributed by atoms with van der Waals surface area (Å²) in [5.74, 6) is -1.43. The Labute approximate surface area is 120 Å². The van der Waals surface area contributed by atoms with Gasteiger partial charge in [-0.1, -0.05) is 11.6 Å². The van der Waals surface area contributed by atoms with Crippen molar-refractivity contribution < 1.29 is 19.4 Å². The van der Waals surface area contributed by atoms with Crippen molar-refractivity contribution in [3.05, 3.63) is 28.8 Å². The molecule has 1 aliphatic heterocycles. The highest BCUT2D eigenvalue weighted by atomic mass is 35.5. The van der Waals surface area contributed by atoms with E-state index in [4.69, 9.17) is 27.2 Å². The Kier molecular flexibility index (Phi) is 3.99. The number of carbonyl (C=O) groups excluding carboxylic acids is 1. The van der Waals surface area contributed by atoms with E-state index >= 15 is 0 Å². The molecule has 0 aromatic heterocycles. The first-order valence-electron chi connectivity index (χ1n) is 6.02. The van der Waals surface area contributed by atoms with Crippen LogP contribution in [0.5, 0.6) is 0 Å². The minimum atomic E-state index is -1.09. The van der Waals surface area contributed by atoms with Gasteiger partial charge in [0.2, 0.25) is 5.91 Å². The van der Waals surface area contributed by atoms with E-state index in [9.17, 15) is 9.59 Å². The van der Waals surface area contributed by atoms with Gasteiger partial charge in [-0.2, -0.15) is 0 Å². The molecular formula is C13H15ClN2O4. The lowest BCUT2D eigenvalue weighted by Crippen LogP contribution is -2.47. The molecule has 4 N–H and O–H groups in total. The Bertz CT molecular complexity index is 563. The van der Waals surface area contributed by atoms with Crippen molar-refractivity contribution in [3.63, 3.8) is 0 Å². The largest absolute Gasteiger partial charge is 0.478 e. The maximum Gasteiger partial charge on any atom is 0.335 e. The van der Waals surface area contributed by atoms with Gasteiger partial charge in [0.1, 0.15) is 0 Å². The zero-order valence-corrected chi connectivity index (χ0v) is 11.6. The number of amides is 1. The zero-order chi connectivity index (χ0) is 14.9. The first-order valence-corrected chi connectivity index (χ1v) is 6.40. The number of benzene rings is 1. The fourth-order valence-electron chi connectivity index (χ4n) is 1.94. The van der Waals surface area contributed by atoms with Crippen LogP contribution < -0.4 is 11.1 Å². The second kappa shape index (κ2) is 5.40. The standard InChI is InChI=1S/C13H15ClN2O4/c1-13(6-20-5-10(13)15)12(19)16-9-4-7(11(17)18)2-3-8(9)14/h2-4,10H,5-6,15H2,1H3,(H,16,19)(H,17,18). The Morgan fingerprint density at radius 1 is 1.55 bits per heavy atom. The van der Waals surface area contributed by atoms with Crippen molar-refractivity contribution in [3.8, 4) is 0 Å². The van der Waals surface area contributed by atoms with Crippen LogP contribution in [0.4, 0.5) is 5.69 Å². The van der Waals surface area contributed by atoms with E-state index < -0.39 is 17.4 Å². The summed E-state index contributed by atoms with van der Waals surface area (Å²) in [5, 5.41) is 11.8. The van der Waals surface area contributed by atoms with E-state index in [2.05, 4.69) is 5.32 Å². The van der Waals surface area contributed by atoms with Crippen LogP contribution in [0.3, 0.4) is 0 Å². The molecule has 0 radical (unpaired) electrons. The molecule has 1 saturated heterocycles. The van der Waals surface area contributed by atoms with E-state index in [0.29, 0.717) is 6.61 Å². The number of halogens is 1. The monoisotopic (exact) mass is 298 g/mol. The van der Waals surface area contributed by atoms with Crippen LogP contribution >= 0.6 is 11.6 Å². The molecule has 1 aromatic carbocycles. The normalized spacial score (nSPS) is 25.4. The predicted molar refractivity (Wildman–Crippen MR) is 73.9 cm³/mol. The molecule has 1 fully saturated rings. The molecule has 0 aliphatic carbocycles. The average Bonchev–Trinajstić information content (AvgIpc) is 2.73. The number of nitrogens with two attached hydrogens (primary N) is 1. The summed E-state index contributed by atoms with van der Waals surface area (Å²) in [5.41, 5.74) is 5.30. The molecule has 108 valence electrons. The summed E-state index contributed by atoms with van der Waals surface area (Å²) in [4.78, 5) is 23.2. The molecule has 7 heteroatoms. The first kappa shape index (κ1) is 14.8. The molecular weight excluding hydrogens is 284 g/mol. The number of nitrogens with one attached hydrogen (secondary N) is 1. The Balaban J connectivity index is 2.23. The Morgan fingerprint density at radius 3 is 2.80 bits per heavy atom. The van der Waals surface area contributed by atoms with Crippen LogP contribution in [0.25, 0.3) is 0 Å². The lowest BCUT2D eigenvalue weighted by molar-refractivity contribution is -0.125. The highest BCUT2D eigenvalue weighted by Crippen LogP contribution is 2.30. The zero-order valence-electron chi connectivity index (χ0n) is 10.9. The summed E-state index contributed by atoms with van der Waals surface area (Å²) in [6.45, 7) is 2.23. The minimum Gasteiger partial charge on any atom is -0.478 e. The molecule has 1 heterocycles. The highest BCUT2D eigenvalue weighted by molar-refractivity contribution is 6.34. The summed E-state index contributed by atoms with van der Waals surface area (Å²) < 4.78 is 5.21. The third-order valence-corrected chi connectivity index (χ3v) is 3.83. The van der Waals surface area contributed by atoms with E-state index in [-0.39, 0.29) is 28.8 Å². The lowest BCUT2D eigenvalue weighted by atomic mass is 9.85. The number of carboxylic acid groups (broad SMARTS) is 1. The van der Waals surface area contributed by atoms with Gasteiger partial charge in [-0.3, -0.25) is 4.79 Å². The van der Waals surface area contributed by atoms with Crippen molar-refractivity contribution in [2.75, 3.05) is 18.5 Å². The van der Waals surface area contributed by atoms with Gasteiger partial charge in [0.15, 0.2) is 0 Å². The third-order valence-electron chi connectivity index (χ3n) is 3.50. The Morgan fingerprint density at radius 2 is 2.25 bits per heavy atom. The van der Waals surface area contributed by atoms with Crippen molar-refractivity contribution >= 4 is 29.2 Å². The number of hydrogen-bond donors (Lipinski definition) is 3. The number of hydrogen-bond acceptors (Lipinski definition) is 4. The molecule has 0 bridgehead atoms. The summed E-state index contributed by atoms with van der Waals surface area (Å²) in [6.07, 6.45) is 0. The van der Waals surface area contributed by atoms with Crippen LogP contribution in [-0.2, 0) is 9.53 Å². The summed E-state index contributed by atoms with van der Waals surface area (Å²) >= 11 is 5.96. The maximum absolute atomic E-state index is 12.3. The first-order chi connectivity index (χ1) is 9.34. The fourth-order valence-corrected chi connectivity index (χ4v) is 2.11. The van der Waals surface area contributed by atoms with Gasteiger partial charge < -0.3 is 20.9 Å². The van der Waals surface area contributed by atoms with Crippen LogP contribution in [0.15, 0.2) is 18.2 Å². The number of anilines is 1. The second-order valence-electron chi connectivity index (χ2n) is 4.99. The van der Waals surface area contributed by atoms with Crippen LogP contribution in [0.1, 0.15) is 17.3 Å². The quantitative estimate of drug-likeness (QED) is 0.781. The number of carboxylic acids is 1. The molecule has 1 aliphatic rings. The van der Waals surface area contributed by atoms with Gasteiger partial charge in [-0.25, -0.2) is 4.79 Å². The van der Waals surface area contributed by atoms with Gasteiger partial charge in [0, 0.05) is 6.04 Å². The highest BCUT2D eigenvalue weighted by Gasteiger charge is 2.44. The van der Waals surface area contributed by atoms with E-state index in [1.165, 1.54) is 18.2 Å². The van der Waals surface area contributed by atoms with E-state index in [0.717, 1.165) is 0 Å². The van der Waals surface area contributed by atoms with Gasteiger partial charge >= 0.3 is 5.97 Å². The van der Waals surface area contributed by atoms with Crippen molar-refractivity contribution in [1.29, 1.82) is 0 Å². The van der Waals surface area contributed by atoms with E-state index in [1.807, 2.05) is 0 Å². The second-order valence-corrected chi connectivity index (χ2v) is 5.40. The minimum absolute atomic E-state index is 0.0434. The van der Waals surface area contributed by atoms with Crippen molar-refractivity contribution in [2.24, 2.45) is 11.1 Å². The SMILES string of the molecule is CC1(C(=O)Nc2cc(C(=O)O)ccc2Cl)COCC1N. The molecule has 2 unspecified atom stereocenters. The molecule has 0 spiro atoms. The lowest BCUT2D eigenvalue weighted by Gasteiger charge is -2.25. The molecule has 1 amide bonds. The maximum atomic E-state index is 12.3. The smallest absolute Gasteiger partial charge is 0.335 e. The third kappa shape index (κ3) is 2.63. The molecule has 2 rings (SSSR count). The number of ether oxygens (including phenoxy) is 1. The average molecular weight is 299 g/mol. The summed E-state index contributed by atoms with van der Waals surface area (Å²) in [7, 11) is 0. The molecule has 2 atom stereocenters. The van der Waals surface area contributed by atoms with E-state index in [1.54, 1.807) is 6.92 Å². The fraction of sp³-hybridized carbons (Fsp3) is 0.385. The van der Waals surface area contributed by atoms with Gasteiger partial charge in [-0.05, 0) is 25.1 Å².